The quantitative estimate of drug-likeness (QED) is 0.0276. The second kappa shape index (κ2) is 24.8. The summed E-state index contributed by atoms with van der Waals surface area (Å²) in [6.07, 6.45) is 2.96. The van der Waals surface area contributed by atoms with Gasteiger partial charge >= 0.3 is 191 Å². The number of nitrogens with zero attached hydrogens (tertiary/aromatic N) is 2. The number of ether oxygens (including phenoxy) is 3. The van der Waals surface area contributed by atoms with Crippen molar-refractivity contribution in [2.75, 3.05) is 22.9 Å². The minimum atomic E-state index is -2.10. The number of aromatic hydroxyl groups is 1. The van der Waals surface area contributed by atoms with Crippen LogP contribution in [0.15, 0.2) is 54.1 Å². The summed E-state index contributed by atoms with van der Waals surface area (Å²) in [5.74, 6) is 0.475. The second-order valence-corrected chi connectivity index (χ2v) is 28.2. The van der Waals surface area contributed by atoms with Gasteiger partial charge in [0.1, 0.15) is 18.0 Å². The zero-order chi connectivity index (χ0) is 54.4. The number of carbonyl (C=O) groups excluding carboxylic acids is 3. The Kier molecular flexibility index (Phi) is 20.8. The Hall–Kier alpha value is -4.30. The fourth-order valence-electron chi connectivity index (χ4n) is 9.60. The van der Waals surface area contributed by atoms with E-state index in [9.17, 15) is 14.4 Å². The molecule has 4 aromatic carbocycles. The van der Waals surface area contributed by atoms with Crippen LogP contribution in [0.5, 0.6) is 17.2 Å². The minimum absolute atomic E-state index is 0.117. The molecule has 0 bridgehead atoms. The van der Waals surface area contributed by atoms with Crippen molar-refractivity contribution >= 4 is 53.1 Å². The average Bonchev–Trinajstić information content (AvgIpc) is 3.71. The van der Waals surface area contributed by atoms with Crippen LogP contribution in [0.25, 0.3) is 0 Å². The van der Waals surface area contributed by atoms with E-state index in [1.165, 1.54) is 44.8 Å². The van der Waals surface area contributed by atoms with Crippen molar-refractivity contribution in [1.29, 1.82) is 0 Å². The van der Waals surface area contributed by atoms with Gasteiger partial charge in [0.05, 0.1) is 0 Å². The number of hydrogen-bond donors (Lipinski definition) is 0. The number of halogens is 2. The molecule has 1 aliphatic heterocycles. The number of rotatable bonds is 16. The van der Waals surface area contributed by atoms with Gasteiger partial charge in [0, 0.05) is 29.9 Å². The zero-order valence-corrected chi connectivity index (χ0v) is 49.9. The van der Waals surface area contributed by atoms with Gasteiger partial charge in [0.15, 0.2) is 0 Å². The first-order valence-corrected chi connectivity index (χ1v) is 30.5. The molecule has 1 heterocycles. The number of benzene rings is 4. The number of anilines is 2. The van der Waals surface area contributed by atoms with Gasteiger partial charge in [-0.15, -0.1) is 0 Å². The molecule has 0 unspecified atom stereocenters. The summed E-state index contributed by atoms with van der Waals surface area (Å²) in [6, 6.07) is 15.2. The van der Waals surface area contributed by atoms with Crippen LogP contribution in [0.4, 0.5) is 11.4 Å². The molecular weight excluding hydrogens is 1030 g/mol. The SMILES string of the molecule is Cc1cc(C)c(N2[CH-]N(c3c(C)cc(C)cc3C)CC2)c(C)c1.[CH]/C(C)=C/CC(C)(C)c1c(C)c(OC(=O)CC(=O)C(C)(C)C)c(C)c(C)c1OC(=O)CCC(C)(C)c1ccc([OH+]C(C)C)c([CH]=[Ru]([Cl])[Cl])c1. The summed E-state index contributed by atoms with van der Waals surface area (Å²) in [6.45, 7) is 48.6. The summed E-state index contributed by atoms with van der Waals surface area (Å²) in [4.78, 5) is 44.0. The van der Waals surface area contributed by atoms with E-state index in [0.29, 0.717) is 46.6 Å². The third-order valence-electron chi connectivity index (χ3n) is 13.4. The number of allylic oxidation sites excluding steroid dienone is 2. The van der Waals surface area contributed by atoms with Crippen LogP contribution in [0.2, 0.25) is 0 Å². The molecule has 0 aromatic heterocycles. The molecule has 8 nitrogen and oxygen atoms in total. The van der Waals surface area contributed by atoms with Crippen molar-refractivity contribution in [2.45, 2.75) is 174 Å². The molecule has 1 N–H and O–H groups in total. The van der Waals surface area contributed by atoms with Crippen LogP contribution in [0.1, 0.15) is 162 Å². The zero-order valence-electron chi connectivity index (χ0n) is 46.7. The standard InChI is InChI=1S/C40H54O6.C21H27N2.2ClH.Ru/c1-24(2)18-20-40(14,15)35-29(8)36(46-34(43)23-32(41)38(9,10)11)27(6)28(7)37(35)45-33(42)19-21-39(12,13)30-16-17-31(26(5)22-30)44-25(3)4;1-14-9-16(3)20(17(4)10-14)22-7-8-23(13-22)21-18(5)11-15(2)12-19(21)6;;;/h1,5,16-18,22,25H,19-21,23H2,2-4,6-15H3;9-13H,7-8H2,1-6H3;2*1H;/q;-1;;;+2/p-1/b24-18-;;;;. The van der Waals surface area contributed by atoms with Crippen LogP contribution in [-0.2, 0) is 38.7 Å². The number of carbonyl (C=O) groups is 3. The third-order valence-corrected chi connectivity index (χ3v) is 15.3. The van der Waals surface area contributed by atoms with Gasteiger partial charge < -0.3 is 14.5 Å². The number of Topliss-reactive ketones (excluding diaryl/α,β-unsaturated/α-hetero) is 1. The van der Waals surface area contributed by atoms with Crippen molar-refractivity contribution in [3.63, 3.8) is 0 Å². The number of aryl methyl sites for hydroxylation is 6. The van der Waals surface area contributed by atoms with Gasteiger partial charge in [-0.3, -0.25) is 9.59 Å². The second-order valence-electron chi connectivity index (χ2n) is 22.4. The molecule has 0 saturated carbocycles. The topological polar surface area (TPSA) is 89.0 Å². The Morgan fingerprint density at radius 1 is 0.736 bits per heavy atom. The summed E-state index contributed by atoms with van der Waals surface area (Å²) >= 11 is -2.10. The molecule has 1 fully saturated rings. The molecule has 2 radical (unpaired) electrons. The first-order chi connectivity index (χ1) is 33.2. The predicted octanol–water partition coefficient (Wildman–Crippen LogP) is 15.2. The summed E-state index contributed by atoms with van der Waals surface area (Å²) < 4.78 is 18.7. The van der Waals surface area contributed by atoms with Gasteiger partial charge in [-0.05, 0) is 97.9 Å². The van der Waals surface area contributed by atoms with E-state index in [4.69, 9.17) is 40.5 Å². The summed E-state index contributed by atoms with van der Waals surface area (Å²) in [5, 5.41) is 0. The van der Waals surface area contributed by atoms with Crippen LogP contribution in [0.3, 0.4) is 0 Å². The molecule has 72 heavy (non-hydrogen) atoms. The predicted molar refractivity (Wildman–Crippen MR) is 299 cm³/mol. The number of hydrogen-bond acceptors (Lipinski definition) is 7. The van der Waals surface area contributed by atoms with Crippen molar-refractivity contribution < 1.29 is 42.1 Å². The molecular formula is C61H82Cl2N2O6Ru. The molecule has 0 spiro atoms. The van der Waals surface area contributed by atoms with E-state index in [1.807, 2.05) is 78.2 Å². The van der Waals surface area contributed by atoms with Crippen LogP contribution in [-0.4, -0.2) is 46.3 Å². The fraction of sp³-hybridized carbons (Fsp3) is 0.475. The van der Waals surface area contributed by atoms with E-state index in [1.54, 1.807) is 20.8 Å². The Bertz CT molecular complexity index is 2610. The third kappa shape index (κ3) is 15.9. The van der Waals surface area contributed by atoms with E-state index >= 15 is 0 Å². The van der Waals surface area contributed by atoms with E-state index in [-0.39, 0.29) is 36.1 Å². The molecule has 0 atom stereocenters. The van der Waals surface area contributed by atoms with Crippen LogP contribution < -0.4 is 19.3 Å². The van der Waals surface area contributed by atoms with Crippen molar-refractivity contribution in [2.24, 2.45) is 5.41 Å². The molecule has 4 aromatic rings. The Morgan fingerprint density at radius 3 is 1.68 bits per heavy atom. The average molecular weight is 1110 g/mol. The van der Waals surface area contributed by atoms with Crippen molar-refractivity contribution in [3.05, 3.63) is 134 Å². The molecule has 1 aliphatic rings. The first kappa shape index (κ1) is 60.3. The van der Waals surface area contributed by atoms with Gasteiger partial charge in [0.25, 0.3) is 0 Å². The van der Waals surface area contributed by atoms with E-state index < -0.39 is 30.3 Å². The Labute approximate surface area is 446 Å². The maximum atomic E-state index is 13.6. The number of esters is 2. The fourth-order valence-corrected chi connectivity index (χ4v) is 11.4. The number of ketones is 1. The molecule has 0 amide bonds. The number of aliphatic hydroxyl groups is 1. The Morgan fingerprint density at radius 2 is 1.22 bits per heavy atom. The monoisotopic (exact) mass is 1110 g/mol. The van der Waals surface area contributed by atoms with Gasteiger partial charge in [-0.1, -0.05) is 81.7 Å². The van der Waals surface area contributed by atoms with Gasteiger partial charge in [-0.25, -0.2) is 0 Å². The van der Waals surface area contributed by atoms with Gasteiger partial charge in [0.2, 0.25) is 0 Å². The molecule has 0 aliphatic carbocycles. The van der Waals surface area contributed by atoms with E-state index in [2.05, 4.69) is 102 Å². The van der Waals surface area contributed by atoms with Crippen LogP contribution >= 0.6 is 19.4 Å². The summed E-state index contributed by atoms with van der Waals surface area (Å²) in [7, 11) is 12.5. The molecule has 11 heteroatoms. The van der Waals surface area contributed by atoms with E-state index in [0.717, 1.165) is 35.5 Å². The molecule has 1 saturated heterocycles. The normalized spacial score (nSPS) is 13.5. The first-order valence-electron chi connectivity index (χ1n) is 25.0. The molecule has 5 rings (SSSR count). The summed E-state index contributed by atoms with van der Waals surface area (Å²) in [5.41, 5.74) is 14.6. The van der Waals surface area contributed by atoms with Crippen LogP contribution in [0, 0.1) is 81.3 Å². The maximum absolute atomic E-state index is 13.6. The van der Waals surface area contributed by atoms with Crippen molar-refractivity contribution in [3.8, 4) is 17.2 Å². The van der Waals surface area contributed by atoms with Crippen molar-refractivity contribution in [1.82, 2.24) is 0 Å². The molecule has 394 valence electrons. The van der Waals surface area contributed by atoms with Gasteiger partial charge in [-0.2, -0.15) is 6.67 Å². The Balaban J connectivity index is 0.000000403.